The first-order chi connectivity index (χ1) is 14.5. The first-order valence-corrected chi connectivity index (χ1v) is 9.70. The third kappa shape index (κ3) is 3.87. The van der Waals surface area contributed by atoms with Crippen LogP contribution in [0.4, 0.5) is 13.2 Å². The zero-order valence-corrected chi connectivity index (χ0v) is 16.9. The summed E-state index contributed by atoms with van der Waals surface area (Å²) in [6, 6.07) is 9.00. The van der Waals surface area contributed by atoms with Crippen LogP contribution in [0.3, 0.4) is 0 Å². The van der Waals surface area contributed by atoms with Crippen molar-refractivity contribution in [1.29, 1.82) is 0 Å². The molecule has 0 saturated heterocycles. The molecular formula is C22H16ClF3O5. The molecule has 162 valence electrons. The minimum absolute atomic E-state index is 0.0353. The number of benzene rings is 2. The van der Waals surface area contributed by atoms with Crippen molar-refractivity contribution in [3.8, 4) is 17.1 Å². The van der Waals surface area contributed by atoms with Crippen LogP contribution in [0.5, 0.6) is 5.75 Å². The van der Waals surface area contributed by atoms with Gasteiger partial charge in [0.15, 0.2) is 11.0 Å². The van der Waals surface area contributed by atoms with Crippen LogP contribution in [-0.2, 0) is 11.0 Å². The second-order valence-corrected chi connectivity index (χ2v) is 8.22. The predicted octanol–water partition coefficient (Wildman–Crippen LogP) is 5.76. The van der Waals surface area contributed by atoms with E-state index >= 15 is 0 Å². The molecule has 1 saturated carbocycles. The number of carboxylic acids is 1. The van der Waals surface area contributed by atoms with Gasteiger partial charge in [0.25, 0.3) is 0 Å². The maximum Gasteiger partial charge on any atom is 0.419 e. The van der Waals surface area contributed by atoms with Crippen LogP contribution >= 0.6 is 11.6 Å². The minimum atomic E-state index is -4.68. The molecule has 31 heavy (non-hydrogen) atoms. The second kappa shape index (κ2) is 7.30. The molecule has 0 radical (unpaired) electrons. The molecule has 1 N–H and O–H groups in total. The Morgan fingerprint density at radius 2 is 1.94 bits per heavy atom. The molecule has 1 aliphatic rings. The lowest BCUT2D eigenvalue weighted by atomic mass is 9.68. The summed E-state index contributed by atoms with van der Waals surface area (Å²) in [5, 5.41) is 9.65. The molecule has 1 fully saturated rings. The van der Waals surface area contributed by atoms with Gasteiger partial charge in [0.05, 0.1) is 21.4 Å². The lowest BCUT2D eigenvalue weighted by molar-refractivity contribution is -0.160. The molecule has 5 nitrogen and oxygen atoms in total. The Morgan fingerprint density at radius 3 is 2.58 bits per heavy atom. The molecule has 1 aromatic heterocycles. The van der Waals surface area contributed by atoms with E-state index in [1.54, 1.807) is 6.07 Å². The van der Waals surface area contributed by atoms with Crippen LogP contribution < -0.4 is 10.2 Å². The minimum Gasteiger partial charge on any atom is -0.490 e. The number of carbonyl (C=O) groups is 1. The fourth-order valence-electron chi connectivity index (χ4n) is 3.68. The largest absolute Gasteiger partial charge is 0.490 e. The number of rotatable bonds is 4. The quantitative estimate of drug-likeness (QED) is 0.544. The maximum atomic E-state index is 13.5. The van der Waals surface area contributed by atoms with E-state index in [0.29, 0.717) is 0 Å². The number of para-hydroxylation sites is 1. The monoisotopic (exact) mass is 452 g/mol. The highest BCUT2D eigenvalue weighted by atomic mass is 35.5. The summed E-state index contributed by atoms with van der Waals surface area (Å²) < 4.78 is 51.7. The summed E-state index contributed by atoms with van der Waals surface area (Å²) in [6.07, 6.45) is -5.17. The fraction of sp³-hybridized carbons (Fsp3) is 0.273. The first-order valence-electron chi connectivity index (χ1n) is 9.32. The van der Waals surface area contributed by atoms with Gasteiger partial charge in [-0.3, -0.25) is 9.59 Å². The van der Waals surface area contributed by atoms with Gasteiger partial charge in [-0.25, -0.2) is 0 Å². The Morgan fingerprint density at radius 1 is 1.23 bits per heavy atom. The third-order valence-electron chi connectivity index (χ3n) is 5.44. The average Bonchev–Trinajstić information content (AvgIpc) is 2.66. The van der Waals surface area contributed by atoms with Crippen molar-refractivity contribution in [1.82, 2.24) is 0 Å². The van der Waals surface area contributed by atoms with Gasteiger partial charge < -0.3 is 14.3 Å². The highest BCUT2D eigenvalue weighted by Crippen LogP contribution is 2.46. The standard InChI is InChI=1S/C22H16ClF3O5/c1-21(20(28)29)9-12(10-21)30-18-7-11(5-6-14(18)22(24,25)26)17-8-16(27)13-3-2-4-15(23)19(13)31-17/h2-8,12H,9-10H2,1H3,(H,28,29). The number of carboxylic acid groups (broad SMARTS) is 1. The van der Waals surface area contributed by atoms with E-state index in [1.165, 1.54) is 31.2 Å². The number of alkyl halides is 3. The van der Waals surface area contributed by atoms with Crippen molar-refractivity contribution in [2.75, 3.05) is 0 Å². The molecule has 0 bridgehead atoms. The highest BCUT2D eigenvalue weighted by molar-refractivity contribution is 6.34. The van der Waals surface area contributed by atoms with Crippen LogP contribution in [0.15, 0.2) is 51.7 Å². The molecule has 1 aliphatic carbocycles. The second-order valence-electron chi connectivity index (χ2n) is 7.81. The average molecular weight is 453 g/mol. The molecule has 1 heterocycles. The van der Waals surface area contributed by atoms with Gasteiger partial charge in [-0.05, 0) is 31.2 Å². The van der Waals surface area contributed by atoms with Crippen LogP contribution in [0, 0.1) is 5.41 Å². The molecule has 2 aromatic carbocycles. The molecule has 3 aromatic rings. The van der Waals surface area contributed by atoms with Crippen molar-refractivity contribution in [2.45, 2.75) is 32.0 Å². The summed E-state index contributed by atoms with van der Waals surface area (Å²) in [5.74, 6) is -1.44. The number of halogens is 4. The van der Waals surface area contributed by atoms with E-state index in [0.717, 1.165) is 12.1 Å². The highest BCUT2D eigenvalue weighted by Gasteiger charge is 2.48. The van der Waals surface area contributed by atoms with Gasteiger partial charge in [0, 0.05) is 24.5 Å². The van der Waals surface area contributed by atoms with Crippen molar-refractivity contribution in [3.05, 3.63) is 63.3 Å². The van der Waals surface area contributed by atoms with Crippen molar-refractivity contribution in [3.63, 3.8) is 0 Å². The number of hydrogen-bond acceptors (Lipinski definition) is 4. The van der Waals surface area contributed by atoms with E-state index < -0.39 is 40.4 Å². The summed E-state index contributed by atoms with van der Waals surface area (Å²) in [4.78, 5) is 23.7. The normalized spacial score (nSPS) is 21.0. The van der Waals surface area contributed by atoms with Crippen molar-refractivity contribution >= 4 is 28.5 Å². The SMILES string of the molecule is CC1(C(=O)O)CC(Oc2cc(-c3cc(=O)c4cccc(Cl)c4o3)ccc2C(F)(F)F)C1. The fourth-order valence-corrected chi connectivity index (χ4v) is 3.89. The van der Waals surface area contributed by atoms with Crippen LogP contribution in [-0.4, -0.2) is 17.2 Å². The molecule has 0 atom stereocenters. The van der Waals surface area contributed by atoms with Gasteiger partial charge in [0.2, 0.25) is 0 Å². The van der Waals surface area contributed by atoms with E-state index in [2.05, 4.69) is 0 Å². The number of aliphatic carboxylic acids is 1. The molecular weight excluding hydrogens is 437 g/mol. The van der Waals surface area contributed by atoms with Crippen LogP contribution in [0.1, 0.15) is 25.3 Å². The Bertz CT molecular complexity index is 1240. The summed E-state index contributed by atoms with van der Waals surface area (Å²) in [5.41, 5.74) is -2.09. The molecule has 0 amide bonds. The molecule has 4 rings (SSSR count). The van der Waals surface area contributed by atoms with E-state index in [-0.39, 0.29) is 40.2 Å². The zero-order valence-electron chi connectivity index (χ0n) is 16.1. The van der Waals surface area contributed by atoms with Gasteiger partial charge in [-0.2, -0.15) is 13.2 Å². The molecule has 0 spiro atoms. The third-order valence-corrected chi connectivity index (χ3v) is 5.74. The zero-order chi connectivity index (χ0) is 22.6. The van der Waals surface area contributed by atoms with E-state index in [4.69, 9.17) is 20.8 Å². The molecule has 0 unspecified atom stereocenters. The lowest BCUT2D eigenvalue weighted by Crippen LogP contribution is -2.47. The topological polar surface area (TPSA) is 76.7 Å². The first kappa shape index (κ1) is 21.2. The van der Waals surface area contributed by atoms with Crippen molar-refractivity contribution < 1.29 is 32.2 Å². The number of ether oxygens (including phenoxy) is 1. The molecule has 0 aliphatic heterocycles. The van der Waals surface area contributed by atoms with Crippen molar-refractivity contribution in [2.24, 2.45) is 5.41 Å². The Labute approximate surface area is 179 Å². The number of hydrogen-bond donors (Lipinski definition) is 1. The van der Waals surface area contributed by atoms with Crippen LogP contribution in [0.25, 0.3) is 22.3 Å². The maximum absolute atomic E-state index is 13.5. The smallest absolute Gasteiger partial charge is 0.419 e. The van der Waals surface area contributed by atoms with Gasteiger partial charge in [-0.1, -0.05) is 23.7 Å². The Balaban J connectivity index is 1.75. The summed E-state index contributed by atoms with van der Waals surface area (Å²) >= 11 is 6.10. The van der Waals surface area contributed by atoms with Gasteiger partial charge in [-0.15, -0.1) is 0 Å². The summed E-state index contributed by atoms with van der Waals surface area (Å²) in [6.45, 7) is 1.52. The molecule has 9 heteroatoms. The van der Waals surface area contributed by atoms with Crippen LogP contribution in [0.2, 0.25) is 5.02 Å². The van der Waals surface area contributed by atoms with E-state index in [1.807, 2.05) is 0 Å². The predicted molar refractivity (Wildman–Crippen MR) is 107 cm³/mol. The van der Waals surface area contributed by atoms with Gasteiger partial charge >= 0.3 is 12.1 Å². The number of fused-ring (bicyclic) bond motifs is 1. The van der Waals surface area contributed by atoms with E-state index in [9.17, 15) is 27.9 Å². The lowest BCUT2D eigenvalue weighted by Gasteiger charge is -2.41. The van der Waals surface area contributed by atoms with Gasteiger partial charge in [0.1, 0.15) is 17.6 Å². The Hall–Kier alpha value is -3.00. The summed E-state index contributed by atoms with van der Waals surface area (Å²) in [7, 11) is 0. The Kier molecular flexibility index (Phi) is 5.00.